The zero-order valence-corrected chi connectivity index (χ0v) is 12.4. The van der Waals surface area contributed by atoms with Crippen LogP contribution in [0, 0.1) is 6.92 Å². The number of sulfone groups is 1. The van der Waals surface area contributed by atoms with E-state index in [1.165, 1.54) is 12.3 Å². The first kappa shape index (κ1) is 16.9. The highest BCUT2D eigenvalue weighted by molar-refractivity contribution is 7.92. The molecule has 6 nitrogen and oxygen atoms in total. The van der Waals surface area contributed by atoms with Crippen LogP contribution in [0.1, 0.15) is 16.3 Å². The number of hydrogen-bond acceptors (Lipinski definition) is 5. The van der Waals surface area contributed by atoms with Crippen LogP contribution in [0.3, 0.4) is 0 Å². The maximum atomic E-state index is 12.5. The van der Waals surface area contributed by atoms with E-state index in [9.17, 15) is 26.4 Å². The fourth-order valence-electron chi connectivity index (χ4n) is 1.62. The summed E-state index contributed by atoms with van der Waals surface area (Å²) in [6.07, 6.45) is 1.35. The molecule has 10 heteroatoms. The number of amides is 1. The second kappa shape index (κ2) is 5.95. The quantitative estimate of drug-likeness (QED) is 0.922. The number of nitrogens with zero attached hydrogens (tertiary/aromatic N) is 2. The van der Waals surface area contributed by atoms with Crippen molar-refractivity contribution >= 4 is 21.4 Å². The van der Waals surface area contributed by atoms with Gasteiger partial charge in [-0.25, -0.2) is 18.4 Å². The summed E-state index contributed by atoms with van der Waals surface area (Å²) in [5.74, 6) is -0.954. The van der Waals surface area contributed by atoms with Crippen molar-refractivity contribution in [1.29, 1.82) is 0 Å². The summed E-state index contributed by atoms with van der Waals surface area (Å²) in [5.41, 5.74) is -5.01. The first-order valence-corrected chi connectivity index (χ1v) is 7.62. The van der Waals surface area contributed by atoms with Crippen LogP contribution in [0.2, 0.25) is 0 Å². The van der Waals surface area contributed by atoms with E-state index in [1.807, 2.05) is 0 Å². The molecule has 2 rings (SSSR count). The first-order chi connectivity index (χ1) is 10.6. The molecule has 0 aliphatic rings. The van der Waals surface area contributed by atoms with Crippen molar-refractivity contribution in [3.63, 3.8) is 0 Å². The molecule has 0 radical (unpaired) electrons. The number of alkyl halides is 3. The second-order valence-electron chi connectivity index (χ2n) is 4.45. The molecule has 0 saturated carbocycles. The van der Waals surface area contributed by atoms with E-state index < -0.39 is 26.1 Å². The minimum atomic E-state index is -5.49. The molecule has 122 valence electrons. The lowest BCUT2D eigenvalue weighted by Crippen LogP contribution is -2.23. The standard InChI is InChI=1S/C13H10F3N3O3S/c1-8-5-6-17-11(18-8)12(20)19-9-3-2-4-10(7-9)23(21,22)13(14,15)16/h2-7H,1H3,(H,19,20). The molecule has 1 aromatic carbocycles. The summed E-state index contributed by atoms with van der Waals surface area (Å²) in [6, 6.07) is 5.42. The topological polar surface area (TPSA) is 89.0 Å². The lowest BCUT2D eigenvalue weighted by Gasteiger charge is -2.10. The van der Waals surface area contributed by atoms with Crippen molar-refractivity contribution in [3.05, 3.63) is 48.0 Å². The smallest absolute Gasteiger partial charge is 0.319 e. The lowest BCUT2D eigenvalue weighted by molar-refractivity contribution is -0.0435. The Morgan fingerprint density at radius 2 is 1.91 bits per heavy atom. The molecule has 1 heterocycles. The molecular formula is C13H10F3N3O3S. The van der Waals surface area contributed by atoms with Gasteiger partial charge in [0, 0.05) is 17.6 Å². The first-order valence-electron chi connectivity index (χ1n) is 6.14. The number of carbonyl (C=O) groups excluding carboxylic acids is 1. The van der Waals surface area contributed by atoms with E-state index in [0.29, 0.717) is 5.69 Å². The largest absolute Gasteiger partial charge is 0.501 e. The number of halogens is 3. The van der Waals surface area contributed by atoms with Crippen molar-refractivity contribution in [2.45, 2.75) is 17.3 Å². The van der Waals surface area contributed by atoms with Crippen LogP contribution >= 0.6 is 0 Å². The van der Waals surface area contributed by atoms with E-state index in [0.717, 1.165) is 18.2 Å². The second-order valence-corrected chi connectivity index (χ2v) is 6.39. The van der Waals surface area contributed by atoms with E-state index in [1.54, 1.807) is 13.0 Å². The van der Waals surface area contributed by atoms with Crippen molar-refractivity contribution < 1.29 is 26.4 Å². The van der Waals surface area contributed by atoms with E-state index in [-0.39, 0.29) is 11.5 Å². The fraction of sp³-hybridized carbons (Fsp3) is 0.154. The monoisotopic (exact) mass is 345 g/mol. The summed E-state index contributed by atoms with van der Waals surface area (Å²) in [5, 5.41) is 2.25. The normalized spacial score (nSPS) is 12.0. The predicted molar refractivity (Wildman–Crippen MR) is 74.4 cm³/mol. The number of aryl methyl sites for hydroxylation is 1. The van der Waals surface area contributed by atoms with Crippen molar-refractivity contribution in [2.75, 3.05) is 5.32 Å². The molecule has 23 heavy (non-hydrogen) atoms. The Balaban J connectivity index is 2.30. The summed E-state index contributed by atoms with van der Waals surface area (Å²) < 4.78 is 60.3. The van der Waals surface area contributed by atoms with Gasteiger partial charge < -0.3 is 5.32 Å². The molecule has 0 bridgehead atoms. The molecule has 0 aliphatic heterocycles. The number of aromatic nitrogens is 2. The Morgan fingerprint density at radius 3 is 2.52 bits per heavy atom. The Kier molecular flexibility index (Phi) is 4.37. The van der Waals surface area contributed by atoms with Crippen LogP contribution in [0.25, 0.3) is 0 Å². The lowest BCUT2D eigenvalue weighted by atomic mass is 10.3. The average molecular weight is 345 g/mol. The predicted octanol–water partition coefficient (Wildman–Crippen LogP) is 2.33. The van der Waals surface area contributed by atoms with Crippen molar-refractivity contribution in [3.8, 4) is 0 Å². The zero-order valence-electron chi connectivity index (χ0n) is 11.6. The van der Waals surface area contributed by atoms with Crippen molar-refractivity contribution in [1.82, 2.24) is 9.97 Å². The van der Waals surface area contributed by atoms with Gasteiger partial charge in [-0.1, -0.05) is 6.07 Å². The number of rotatable bonds is 3. The highest BCUT2D eigenvalue weighted by Crippen LogP contribution is 2.31. The number of hydrogen-bond donors (Lipinski definition) is 1. The molecule has 0 aliphatic carbocycles. The molecule has 0 fully saturated rings. The number of anilines is 1. The molecule has 1 amide bonds. The molecular weight excluding hydrogens is 335 g/mol. The molecule has 0 unspecified atom stereocenters. The number of carbonyl (C=O) groups is 1. The minimum absolute atomic E-state index is 0.120. The SMILES string of the molecule is Cc1ccnc(C(=O)Nc2cccc(S(=O)(=O)C(F)(F)F)c2)n1. The Labute approximate surface area is 129 Å². The third-order valence-electron chi connectivity index (χ3n) is 2.70. The zero-order chi connectivity index (χ0) is 17.3. The Hall–Kier alpha value is -2.49. The Morgan fingerprint density at radius 1 is 1.22 bits per heavy atom. The molecule has 1 N–H and O–H groups in total. The summed E-state index contributed by atoms with van der Waals surface area (Å²) in [4.78, 5) is 18.5. The third-order valence-corrected chi connectivity index (χ3v) is 4.19. The van der Waals surface area contributed by atoms with Gasteiger partial charge in [0.05, 0.1) is 4.90 Å². The van der Waals surface area contributed by atoms with Gasteiger partial charge in [0.2, 0.25) is 5.82 Å². The molecule has 1 aromatic heterocycles. The van der Waals surface area contributed by atoms with Crippen LogP contribution < -0.4 is 5.32 Å². The van der Waals surface area contributed by atoms with Crippen LogP contribution in [0.4, 0.5) is 18.9 Å². The summed E-state index contributed by atoms with van der Waals surface area (Å²) >= 11 is 0. The maximum absolute atomic E-state index is 12.5. The summed E-state index contributed by atoms with van der Waals surface area (Å²) in [6.45, 7) is 1.63. The van der Waals surface area contributed by atoms with Gasteiger partial charge in [-0.2, -0.15) is 13.2 Å². The molecule has 0 spiro atoms. The molecule has 0 saturated heterocycles. The number of nitrogens with one attached hydrogen (secondary N) is 1. The van der Waals surface area contributed by atoms with Crippen molar-refractivity contribution in [2.24, 2.45) is 0 Å². The fourth-order valence-corrected chi connectivity index (χ4v) is 2.43. The van der Waals surface area contributed by atoms with E-state index >= 15 is 0 Å². The Bertz CT molecular complexity index is 851. The van der Waals surface area contributed by atoms with Gasteiger partial charge in [0.15, 0.2) is 0 Å². The summed E-state index contributed by atoms with van der Waals surface area (Å²) in [7, 11) is -5.49. The third kappa shape index (κ3) is 3.65. The number of benzene rings is 1. The van der Waals surface area contributed by atoms with Gasteiger partial charge >= 0.3 is 5.51 Å². The van der Waals surface area contributed by atoms with Crippen LogP contribution in [0.5, 0.6) is 0 Å². The molecule has 0 atom stereocenters. The average Bonchev–Trinajstić information content (AvgIpc) is 2.46. The van der Waals surface area contributed by atoms with E-state index in [4.69, 9.17) is 0 Å². The molecule has 2 aromatic rings. The van der Waals surface area contributed by atoms with Gasteiger partial charge in [0.25, 0.3) is 15.7 Å². The minimum Gasteiger partial charge on any atom is -0.319 e. The van der Waals surface area contributed by atoms with Crippen LogP contribution in [0.15, 0.2) is 41.4 Å². The highest BCUT2D eigenvalue weighted by Gasteiger charge is 2.46. The maximum Gasteiger partial charge on any atom is 0.501 e. The van der Waals surface area contributed by atoms with Gasteiger partial charge in [-0.3, -0.25) is 4.79 Å². The van der Waals surface area contributed by atoms with Gasteiger partial charge in [0.1, 0.15) is 0 Å². The van der Waals surface area contributed by atoms with Crippen LogP contribution in [-0.2, 0) is 9.84 Å². The van der Waals surface area contributed by atoms with E-state index in [2.05, 4.69) is 15.3 Å². The van der Waals surface area contributed by atoms with Gasteiger partial charge in [-0.15, -0.1) is 0 Å². The van der Waals surface area contributed by atoms with Crippen LogP contribution in [-0.4, -0.2) is 29.8 Å². The van der Waals surface area contributed by atoms with Gasteiger partial charge in [-0.05, 0) is 31.2 Å². The highest BCUT2D eigenvalue weighted by atomic mass is 32.2.